The molecule has 0 spiro atoms. The molecule has 100 valence electrons. The van der Waals surface area contributed by atoms with Gasteiger partial charge < -0.3 is 10.2 Å². The van der Waals surface area contributed by atoms with Crippen molar-refractivity contribution in [3.8, 4) is 0 Å². The normalized spacial score (nSPS) is 31.6. The molecule has 2 unspecified atom stereocenters. The highest BCUT2D eigenvalue weighted by atomic mass is 15.1. The molecule has 2 aliphatic rings. The van der Waals surface area contributed by atoms with Crippen molar-refractivity contribution in [2.24, 2.45) is 0 Å². The van der Waals surface area contributed by atoms with Crippen LogP contribution < -0.4 is 5.32 Å². The molecule has 2 atom stereocenters. The Morgan fingerprint density at radius 1 is 1.12 bits per heavy atom. The lowest BCUT2D eigenvalue weighted by molar-refractivity contribution is 0.189. The Balaban J connectivity index is 1.67. The van der Waals surface area contributed by atoms with Gasteiger partial charge in [-0.2, -0.15) is 0 Å². The van der Waals surface area contributed by atoms with E-state index in [1.54, 1.807) is 0 Å². The molecule has 0 saturated carbocycles. The maximum absolute atomic E-state index is 3.61. The van der Waals surface area contributed by atoms with Gasteiger partial charge in [0.05, 0.1) is 0 Å². The number of nitrogens with one attached hydrogen (secondary N) is 1. The van der Waals surface area contributed by atoms with Crippen molar-refractivity contribution >= 4 is 0 Å². The summed E-state index contributed by atoms with van der Waals surface area (Å²) in [7, 11) is 0. The Hall–Kier alpha value is -0.0800. The van der Waals surface area contributed by atoms with Crippen molar-refractivity contribution in [2.75, 3.05) is 19.6 Å². The van der Waals surface area contributed by atoms with Gasteiger partial charge >= 0.3 is 0 Å². The Bertz CT molecular complexity index is 199. The van der Waals surface area contributed by atoms with E-state index in [-0.39, 0.29) is 0 Å². The molecule has 17 heavy (non-hydrogen) atoms. The Kier molecular flexibility index (Phi) is 5.79. The summed E-state index contributed by atoms with van der Waals surface area (Å²) in [5, 5.41) is 3.61. The zero-order valence-corrected chi connectivity index (χ0v) is 11.6. The number of hydrogen-bond acceptors (Lipinski definition) is 2. The zero-order chi connectivity index (χ0) is 11.9. The van der Waals surface area contributed by atoms with Crippen LogP contribution in [-0.2, 0) is 0 Å². The maximum Gasteiger partial charge on any atom is 0.00926 e. The van der Waals surface area contributed by atoms with E-state index in [9.17, 15) is 0 Å². The molecular weight excluding hydrogens is 208 g/mol. The first-order chi connectivity index (χ1) is 8.40. The van der Waals surface area contributed by atoms with E-state index in [1.165, 1.54) is 77.4 Å². The van der Waals surface area contributed by atoms with Crippen LogP contribution in [0.5, 0.6) is 0 Å². The van der Waals surface area contributed by atoms with Crippen molar-refractivity contribution in [2.45, 2.75) is 76.8 Å². The van der Waals surface area contributed by atoms with Gasteiger partial charge in [-0.05, 0) is 64.6 Å². The molecule has 0 aromatic carbocycles. The van der Waals surface area contributed by atoms with Crippen molar-refractivity contribution in [1.29, 1.82) is 0 Å². The van der Waals surface area contributed by atoms with Gasteiger partial charge in [-0.3, -0.25) is 0 Å². The molecule has 0 radical (unpaired) electrons. The minimum absolute atomic E-state index is 0.835. The molecule has 2 heteroatoms. The van der Waals surface area contributed by atoms with Crippen LogP contribution in [0.3, 0.4) is 0 Å². The van der Waals surface area contributed by atoms with E-state index >= 15 is 0 Å². The van der Waals surface area contributed by atoms with Gasteiger partial charge in [0.1, 0.15) is 0 Å². The highest BCUT2D eigenvalue weighted by molar-refractivity contribution is 4.77. The van der Waals surface area contributed by atoms with Gasteiger partial charge in [0.15, 0.2) is 0 Å². The van der Waals surface area contributed by atoms with Crippen LogP contribution >= 0.6 is 0 Å². The third-order valence-corrected chi connectivity index (χ3v) is 4.63. The highest BCUT2D eigenvalue weighted by Crippen LogP contribution is 2.20. The van der Waals surface area contributed by atoms with Gasteiger partial charge in [-0.1, -0.05) is 19.8 Å². The molecule has 0 aromatic rings. The first-order valence-electron chi connectivity index (χ1n) is 7.87. The fourth-order valence-corrected chi connectivity index (χ4v) is 3.54. The minimum atomic E-state index is 0.835. The van der Waals surface area contributed by atoms with E-state index < -0.39 is 0 Å². The summed E-state index contributed by atoms with van der Waals surface area (Å²) < 4.78 is 0. The fraction of sp³-hybridized carbons (Fsp3) is 1.00. The number of likely N-dealkylation sites (tertiary alicyclic amines) is 1. The summed E-state index contributed by atoms with van der Waals surface area (Å²) in [6, 6.07) is 1.72. The maximum atomic E-state index is 3.61. The van der Waals surface area contributed by atoms with Gasteiger partial charge in [0.25, 0.3) is 0 Å². The van der Waals surface area contributed by atoms with Crippen LogP contribution in [0.25, 0.3) is 0 Å². The lowest BCUT2D eigenvalue weighted by Crippen LogP contribution is -2.35. The van der Waals surface area contributed by atoms with E-state index in [0.29, 0.717) is 0 Å². The number of hydrogen-bond donors (Lipinski definition) is 1. The van der Waals surface area contributed by atoms with Crippen molar-refractivity contribution < 1.29 is 0 Å². The van der Waals surface area contributed by atoms with Crippen molar-refractivity contribution in [1.82, 2.24) is 10.2 Å². The van der Waals surface area contributed by atoms with Crippen LogP contribution in [0, 0.1) is 0 Å². The van der Waals surface area contributed by atoms with Crippen LogP contribution in [0.2, 0.25) is 0 Å². The Labute approximate surface area is 107 Å². The molecule has 1 N–H and O–H groups in total. The molecule has 2 heterocycles. The van der Waals surface area contributed by atoms with Gasteiger partial charge in [0.2, 0.25) is 0 Å². The molecule has 0 aromatic heterocycles. The Morgan fingerprint density at radius 3 is 2.82 bits per heavy atom. The smallest absolute Gasteiger partial charge is 0.00926 e. The largest absolute Gasteiger partial charge is 0.314 e. The lowest BCUT2D eigenvalue weighted by Gasteiger charge is -2.29. The summed E-state index contributed by atoms with van der Waals surface area (Å²) >= 11 is 0. The second-order valence-corrected chi connectivity index (χ2v) is 5.88. The molecule has 0 amide bonds. The van der Waals surface area contributed by atoms with E-state index in [4.69, 9.17) is 0 Å². The topological polar surface area (TPSA) is 15.3 Å². The van der Waals surface area contributed by atoms with E-state index in [2.05, 4.69) is 17.1 Å². The third kappa shape index (κ3) is 4.26. The van der Waals surface area contributed by atoms with E-state index in [1.807, 2.05) is 0 Å². The molecule has 2 aliphatic heterocycles. The van der Waals surface area contributed by atoms with Crippen molar-refractivity contribution in [3.63, 3.8) is 0 Å². The standard InChI is InChI=1S/C15H30N2/c1-2-15-10-4-3-5-12-17(15)13-7-9-14-8-6-11-16-14/h14-16H,2-13H2,1H3. The van der Waals surface area contributed by atoms with Crippen LogP contribution in [0.15, 0.2) is 0 Å². The average Bonchev–Trinajstić information content (AvgIpc) is 2.75. The summed E-state index contributed by atoms with van der Waals surface area (Å²) in [5.74, 6) is 0. The average molecular weight is 238 g/mol. The molecule has 0 bridgehead atoms. The number of nitrogens with zero attached hydrogens (tertiary/aromatic N) is 1. The lowest BCUT2D eigenvalue weighted by atomic mass is 10.1. The van der Waals surface area contributed by atoms with Crippen molar-refractivity contribution in [3.05, 3.63) is 0 Å². The quantitative estimate of drug-likeness (QED) is 0.791. The first-order valence-corrected chi connectivity index (χ1v) is 7.87. The Morgan fingerprint density at radius 2 is 2.06 bits per heavy atom. The minimum Gasteiger partial charge on any atom is -0.314 e. The second-order valence-electron chi connectivity index (χ2n) is 5.88. The molecular formula is C15H30N2. The summed E-state index contributed by atoms with van der Waals surface area (Å²) in [4.78, 5) is 2.78. The molecule has 2 fully saturated rings. The summed E-state index contributed by atoms with van der Waals surface area (Å²) in [6.07, 6.45) is 12.7. The van der Waals surface area contributed by atoms with Crippen LogP contribution in [0.1, 0.15) is 64.7 Å². The van der Waals surface area contributed by atoms with Gasteiger partial charge in [-0.15, -0.1) is 0 Å². The third-order valence-electron chi connectivity index (χ3n) is 4.63. The predicted molar refractivity (Wildman–Crippen MR) is 74.4 cm³/mol. The van der Waals surface area contributed by atoms with Crippen LogP contribution in [-0.4, -0.2) is 36.6 Å². The summed E-state index contributed by atoms with van der Waals surface area (Å²) in [5.41, 5.74) is 0. The first kappa shape index (κ1) is 13.4. The summed E-state index contributed by atoms with van der Waals surface area (Å²) in [6.45, 7) is 6.32. The SMILES string of the molecule is CCC1CCCCCN1CCCC1CCCN1. The fourth-order valence-electron chi connectivity index (χ4n) is 3.54. The van der Waals surface area contributed by atoms with Gasteiger partial charge in [-0.25, -0.2) is 0 Å². The zero-order valence-electron chi connectivity index (χ0n) is 11.6. The predicted octanol–water partition coefficient (Wildman–Crippen LogP) is 3.17. The monoisotopic (exact) mass is 238 g/mol. The molecule has 2 nitrogen and oxygen atoms in total. The van der Waals surface area contributed by atoms with E-state index in [0.717, 1.165) is 12.1 Å². The molecule has 2 saturated heterocycles. The number of rotatable bonds is 5. The molecule has 2 rings (SSSR count). The second kappa shape index (κ2) is 7.38. The molecule has 0 aliphatic carbocycles. The highest BCUT2D eigenvalue weighted by Gasteiger charge is 2.19. The van der Waals surface area contributed by atoms with Gasteiger partial charge in [0, 0.05) is 12.1 Å². The van der Waals surface area contributed by atoms with Crippen LogP contribution in [0.4, 0.5) is 0 Å².